The van der Waals surface area contributed by atoms with E-state index in [1.807, 2.05) is 6.08 Å². The number of allylic oxidation sites excluding steroid dienone is 1. The van der Waals surface area contributed by atoms with Gasteiger partial charge in [0.1, 0.15) is 5.60 Å². The van der Waals surface area contributed by atoms with Gasteiger partial charge in [-0.05, 0) is 49.9 Å². The highest BCUT2D eigenvalue weighted by Crippen LogP contribution is 2.74. The maximum absolute atomic E-state index is 11.7. The Morgan fingerprint density at radius 3 is 2.26 bits per heavy atom. The van der Waals surface area contributed by atoms with Crippen molar-refractivity contribution in [2.24, 2.45) is 16.7 Å². The summed E-state index contributed by atoms with van der Waals surface area (Å²) in [6, 6.07) is 0. The zero-order valence-corrected chi connectivity index (χ0v) is 15.4. The topological polar surface area (TPSA) is 40.5 Å². The highest BCUT2D eigenvalue weighted by molar-refractivity contribution is 5.29. The summed E-state index contributed by atoms with van der Waals surface area (Å²) in [7, 11) is 0. The fraction of sp³-hybridized carbons (Fsp3) is 0.810. The number of fused-ring (bicyclic) bond motifs is 2. The summed E-state index contributed by atoms with van der Waals surface area (Å²) < 4.78 is 0. The largest absolute Gasteiger partial charge is 0.386 e. The van der Waals surface area contributed by atoms with E-state index < -0.39 is 11.2 Å². The molecule has 0 amide bonds. The molecular weight excluding hydrogens is 284 g/mol. The highest BCUT2D eigenvalue weighted by Gasteiger charge is 2.78. The van der Waals surface area contributed by atoms with Crippen molar-refractivity contribution in [3.05, 3.63) is 25.3 Å². The molecule has 2 heteroatoms. The van der Waals surface area contributed by atoms with Gasteiger partial charge in [0.25, 0.3) is 0 Å². The normalized spacial score (nSPS) is 41.2. The number of hydrogen-bond donors (Lipinski definition) is 2. The lowest BCUT2D eigenvalue weighted by Gasteiger charge is -2.51. The molecule has 132 valence electrons. The zero-order valence-electron chi connectivity index (χ0n) is 15.4. The Hall–Kier alpha value is -0.600. The molecule has 2 aliphatic rings. The molecule has 2 aliphatic carbocycles. The van der Waals surface area contributed by atoms with E-state index in [4.69, 9.17) is 0 Å². The van der Waals surface area contributed by atoms with Crippen LogP contribution in [0.3, 0.4) is 0 Å². The monoisotopic (exact) mass is 320 g/mol. The second kappa shape index (κ2) is 6.37. The summed E-state index contributed by atoms with van der Waals surface area (Å²) in [4.78, 5) is 0. The van der Waals surface area contributed by atoms with Crippen LogP contribution < -0.4 is 0 Å². The Labute approximate surface area is 142 Å². The standard InChI is InChI=1S/C21H36O2/c1-6-8-9-10-11-12-15-21(23)19(5)16-13-17(18(19,3)4)20(21,22)14-7-2/h6-7,17,22-23H,1-2,8-16H2,3-5H3/t17-,19-,20+,21-/m0/s1. The van der Waals surface area contributed by atoms with Crippen molar-refractivity contribution in [3.8, 4) is 0 Å². The van der Waals surface area contributed by atoms with E-state index in [0.29, 0.717) is 12.8 Å². The average Bonchev–Trinajstić information content (AvgIpc) is 2.77. The lowest BCUT2D eigenvalue weighted by molar-refractivity contribution is -0.209. The first-order chi connectivity index (χ1) is 10.7. The number of aliphatic hydroxyl groups is 2. The number of hydrogen-bond acceptors (Lipinski definition) is 2. The van der Waals surface area contributed by atoms with Crippen molar-refractivity contribution in [1.82, 2.24) is 0 Å². The Balaban J connectivity index is 2.16. The third-order valence-corrected chi connectivity index (χ3v) is 7.58. The third kappa shape index (κ3) is 2.44. The van der Waals surface area contributed by atoms with E-state index >= 15 is 0 Å². The van der Waals surface area contributed by atoms with Crippen molar-refractivity contribution in [1.29, 1.82) is 0 Å². The van der Waals surface area contributed by atoms with E-state index in [9.17, 15) is 10.2 Å². The van der Waals surface area contributed by atoms with Crippen LogP contribution in [0.25, 0.3) is 0 Å². The number of unbranched alkanes of at least 4 members (excludes halogenated alkanes) is 4. The molecule has 0 aromatic carbocycles. The molecule has 0 aromatic heterocycles. The van der Waals surface area contributed by atoms with Gasteiger partial charge in [-0.2, -0.15) is 0 Å². The molecule has 23 heavy (non-hydrogen) atoms. The van der Waals surface area contributed by atoms with Crippen LogP contribution in [0.15, 0.2) is 25.3 Å². The second-order valence-corrected chi connectivity index (χ2v) is 8.66. The van der Waals surface area contributed by atoms with Gasteiger partial charge in [-0.1, -0.05) is 52.2 Å². The minimum absolute atomic E-state index is 0.0393. The second-order valence-electron chi connectivity index (χ2n) is 8.66. The molecule has 0 saturated heterocycles. The van der Waals surface area contributed by atoms with Crippen molar-refractivity contribution in [3.63, 3.8) is 0 Å². The lowest BCUT2D eigenvalue weighted by atomic mass is 9.60. The molecule has 0 unspecified atom stereocenters. The summed E-state index contributed by atoms with van der Waals surface area (Å²) in [5.41, 5.74) is -2.28. The molecule has 2 fully saturated rings. The van der Waals surface area contributed by atoms with Crippen LogP contribution in [0.1, 0.15) is 78.6 Å². The predicted octanol–water partition coefficient (Wildman–Crippen LogP) is 5.01. The van der Waals surface area contributed by atoms with Gasteiger partial charge < -0.3 is 10.2 Å². The average molecular weight is 321 g/mol. The first kappa shape index (κ1) is 18.7. The van der Waals surface area contributed by atoms with Gasteiger partial charge in [0.05, 0.1) is 5.60 Å². The molecule has 0 aromatic rings. The molecule has 2 N–H and O–H groups in total. The van der Waals surface area contributed by atoms with Crippen molar-refractivity contribution >= 4 is 0 Å². The quantitative estimate of drug-likeness (QED) is 0.463. The molecule has 0 spiro atoms. The Bertz CT molecular complexity index is 455. The number of rotatable bonds is 9. The van der Waals surface area contributed by atoms with E-state index in [1.165, 1.54) is 12.8 Å². The summed E-state index contributed by atoms with van der Waals surface area (Å²) in [5.74, 6) is 0.156. The van der Waals surface area contributed by atoms with Crippen LogP contribution in [0.5, 0.6) is 0 Å². The first-order valence-electron chi connectivity index (χ1n) is 9.38. The fourth-order valence-corrected chi connectivity index (χ4v) is 5.89. The summed E-state index contributed by atoms with van der Waals surface area (Å²) in [5, 5.41) is 23.2. The van der Waals surface area contributed by atoms with E-state index in [2.05, 4.69) is 33.9 Å². The summed E-state index contributed by atoms with van der Waals surface area (Å²) in [6.07, 6.45) is 12.5. The Morgan fingerprint density at radius 2 is 1.65 bits per heavy atom. The molecular formula is C21H36O2. The van der Waals surface area contributed by atoms with Gasteiger partial charge in [-0.25, -0.2) is 0 Å². The minimum atomic E-state index is -1.02. The zero-order chi connectivity index (χ0) is 17.4. The van der Waals surface area contributed by atoms with Crippen LogP contribution in [0.4, 0.5) is 0 Å². The van der Waals surface area contributed by atoms with Gasteiger partial charge in [0.15, 0.2) is 0 Å². The molecule has 2 saturated carbocycles. The van der Waals surface area contributed by atoms with Gasteiger partial charge in [-0.15, -0.1) is 13.2 Å². The van der Waals surface area contributed by atoms with Crippen molar-refractivity contribution in [2.45, 2.75) is 89.8 Å². The van der Waals surface area contributed by atoms with Crippen LogP contribution in [0.2, 0.25) is 0 Å². The van der Waals surface area contributed by atoms with Gasteiger partial charge in [-0.3, -0.25) is 0 Å². The predicted molar refractivity (Wildman–Crippen MR) is 97.2 cm³/mol. The van der Waals surface area contributed by atoms with Gasteiger partial charge in [0, 0.05) is 5.41 Å². The lowest BCUT2D eigenvalue weighted by Crippen LogP contribution is -2.61. The van der Waals surface area contributed by atoms with E-state index in [-0.39, 0.29) is 16.7 Å². The van der Waals surface area contributed by atoms with Crippen molar-refractivity contribution < 1.29 is 10.2 Å². The smallest absolute Gasteiger partial charge is 0.101 e. The first-order valence-corrected chi connectivity index (χ1v) is 9.38. The van der Waals surface area contributed by atoms with Crippen molar-refractivity contribution in [2.75, 3.05) is 0 Å². The molecule has 0 heterocycles. The highest BCUT2D eigenvalue weighted by atomic mass is 16.4. The molecule has 0 aliphatic heterocycles. The van der Waals surface area contributed by atoms with E-state index in [0.717, 1.165) is 32.1 Å². The Morgan fingerprint density at radius 1 is 1.00 bits per heavy atom. The molecule has 2 nitrogen and oxygen atoms in total. The summed E-state index contributed by atoms with van der Waals surface area (Å²) >= 11 is 0. The van der Waals surface area contributed by atoms with Crippen LogP contribution >= 0.6 is 0 Å². The molecule has 4 atom stereocenters. The summed E-state index contributed by atoms with van der Waals surface area (Å²) in [6.45, 7) is 14.3. The van der Waals surface area contributed by atoms with Gasteiger partial charge >= 0.3 is 0 Å². The molecule has 2 rings (SSSR count). The van der Waals surface area contributed by atoms with Crippen LogP contribution in [-0.4, -0.2) is 21.4 Å². The van der Waals surface area contributed by atoms with Crippen LogP contribution in [0, 0.1) is 16.7 Å². The fourth-order valence-electron chi connectivity index (χ4n) is 5.89. The van der Waals surface area contributed by atoms with E-state index in [1.54, 1.807) is 6.08 Å². The molecule has 0 radical (unpaired) electrons. The van der Waals surface area contributed by atoms with Crippen LogP contribution in [-0.2, 0) is 0 Å². The third-order valence-electron chi connectivity index (χ3n) is 7.58. The maximum atomic E-state index is 11.7. The van der Waals surface area contributed by atoms with Gasteiger partial charge in [0.2, 0.25) is 0 Å². The SMILES string of the molecule is C=CCCCCCC[C@@]1(O)[C@@](O)(CC=C)[C@H]2CC[C@@]1(C)C2(C)C. The molecule has 2 bridgehead atoms. The minimum Gasteiger partial charge on any atom is -0.386 e. The Kier molecular flexibility index (Phi) is 5.19. The maximum Gasteiger partial charge on any atom is 0.101 e.